The lowest BCUT2D eigenvalue weighted by Gasteiger charge is -2.21. The number of benzene rings is 2. The van der Waals surface area contributed by atoms with Gasteiger partial charge in [0.2, 0.25) is 5.78 Å². The van der Waals surface area contributed by atoms with Crippen LogP contribution in [0.2, 0.25) is 0 Å². The third-order valence-corrected chi connectivity index (χ3v) is 3.86. The van der Waals surface area contributed by atoms with E-state index in [0.29, 0.717) is 23.6 Å². The summed E-state index contributed by atoms with van der Waals surface area (Å²) in [4.78, 5) is 18.1. The van der Waals surface area contributed by atoms with Crippen molar-refractivity contribution in [3.05, 3.63) is 95.3 Å². The van der Waals surface area contributed by atoms with Gasteiger partial charge in [-0.15, -0.1) is 0 Å². The zero-order valence-corrected chi connectivity index (χ0v) is 13.5. The standard InChI is InChI=1S/C20H18N2O2/c1-3-21-19-14(2)18(16-11-7-8-12-17(16)20(19)23)22-24-13-15-9-5-4-6-10-15/h3-12,21H,1,13H2,2H3/b22-18-. The van der Waals surface area contributed by atoms with Gasteiger partial charge >= 0.3 is 0 Å². The fourth-order valence-corrected chi connectivity index (χ4v) is 2.65. The molecule has 0 saturated carbocycles. The Morgan fingerprint density at radius 2 is 1.75 bits per heavy atom. The highest BCUT2D eigenvalue weighted by Crippen LogP contribution is 2.25. The van der Waals surface area contributed by atoms with Gasteiger partial charge in [-0.25, -0.2) is 0 Å². The minimum absolute atomic E-state index is 0.0648. The number of fused-ring (bicyclic) bond motifs is 1. The van der Waals surface area contributed by atoms with Crippen LogP contribution in [0.15, 0.2) is 83.8 Å². The van der Waals surface area contributed by atoms with E-state index in [9.17, 15) is 4.79 Å². The Bertz CT molecular complexity index is 836. The number of hydrogen-bond acceptors (Lipinski definition) is 4. The average molecular weight is 318 g/mol. The van der Waals surface area contributed by atoms with Gasteiger partial charge in [-0.05, 0) is 18.7 Å². The fraction of sp³-hybridized carbons (Fsp3) is 0.100. The molecule has 3 rings (SSSR count). The number of carbonyl (C=O) groups excluding carboxylic acids is 1. The minimum Gasteiger partial charge on any atom is -0.390 e. The first-order valence-electron chi connectivity index (χ1n) is 7.69. The summed E-state index contributed by atoms with van der Waals surface area (Å²) >= 11 is 0. The van der Waals surface area contributed by atoms with E-state index < -0.39 is 0 Å². The highest BCUT2D eigenvalue weighted by atomic mass is 16.6. The van der Waals surface area contributed by atoms with Crippen molar-refractivity contribution >= 4 is 11.5 Å². The summed E-state index contributed by atoms with van der Waals surface area (Å²) < 4.78 is 0. The first kappa shape index (κ1) is 15.7. The van der Waals surface area contributed by atoms with Crippen LogP contribution in [0.1, 0.15) is 28.4 Å². The molecule has 0 aromatic heterocycles. The summed E-state index contributed by atoms with van der Waals surface area (Å²) in [5.41, 5.74) is 4.30. The molecule has 2 aromatic rings. The largest absolute Gasteiger partial charge is 0.390 e. The lowest BCUT2D eigenvalue weighted by molar-refractivity contribution is 0.102. The van der Waals surface area contributed by atoms with Gasteiger partial charge in [0, 0.05) is 16.7 Å². The van der Waals surface area contributed by atoms with Gasteiger partial charge in [0.25, 0.3) is 0 Å². The Labute approximate surface area is 141 Å². The van der Waals surface area contributed by atoms with Crippen molar-refractivity contribution in [3.63, 3.8) is 0 Å². The monoisotopic (exact) mass is 318 g/mol. The number of Topliss-reactive ketones (excluding diaryl/α,β-unsaturated/α-hetero) is 1. The molecule has 0 saturated heterocycles. The van der Waals surface area contributed by atoms with Crippen LogP contribution < -0.4 is 5.32 Å². The van der Waals surface area contributed by atoms with E-state index >= 15 is 0 Å². The molecule has 4 nitrogen and oxygen atoms in total. The van der Waals surface area contributed by atoms with E-state index in [0.717, 1.165) is 16.7 Å². The van der Waals surface area contributed by atoms with Crippen molar-refractivity contribution in [3.8, 4) is 0 Å². The van der Waals surface area contributed by atoms with Gasteiger partial charge < -0.3 is 10.2 Å². The minimum atomic E-state index is -0.0648. The van der Waals surface area contributed by atoms with Crippen LogP contribution in [-0.2, 0) is 11.4 Å². The number of nitrogens with one attached hydrogen (secondary N) is 1. The van der Waals surface area contributed by atoms with Gasteiger partial charge in [-0.1, -0.05) is 66.3 Å². The van der Waals surface area contributed by atoms with E-state index in [4.69, 9.17) is 4.84 Å². The third-order valence-electron chi connectivity index (χ3n) is 3.86. The summed E-state index contributed by atoms with van der Waals surface area (Å²) in [6.45, 7) is 5.86. The van der Waals surface area contributed by atoms with Gasteiger partial charge in [-0.2, -0.15) is 0 Å². The molecule has 1 aliphatic rings. The highest BCUT2D eigenvalue weighted by Gasteiger charge is 2.28. The van der Waals surface area contributed by atoms with E-state index in [-0.39, 0.29) is 5.78 Å². The molecule has 0 unspecified atom stereocenters. The van der Waals surface area contributed by atoms with Crippen LogP contribution >= 0.6 is 0 Å². The van der Waals surface area contributed by atoms with Crippen LogP contribution in [0.4, 0.5) is 0 Å². The molecule has 2 aromatic carbocycles. The Balaban J connectivity index is 1.95. The number of nitrogens with zero attached hydrogens (tertiary/aromatic N) is 1. The maximum absolute atomic E-state index is 12.6. The smallest absolute Gasteiger partial charge is 0.210 e. The molecule has 120 valence electrons. The SMILES string of the molecule is C=CNC1=C(C)/C(=N/OCc2ccccc2)c2ccccc2C1=O. The molecule has 24 heavy (non-hydrogen) atoms. The second-order valence-corrected chi connectivity index (χ2v) is 5.42. The molecule has 0 aliphatic heterocycles. The molecule has 0 fully saturated rings. The lowest BCUT2D eigenvalue weighted by Crippen LogP contribution is -2.27. The normalized spacial score (nSPS) is 15.2. The predicted molar refractivity (Wildman–Crippen MR) is 94.6 cm³/mol. The van der Waals surface area contributed by atoms with Gasteiger partial charge in [0.1, 0.15) is 12.3 Å². The fourth-order valence-electron chi connectivity index (χ4n) is 2.65. The molecular weight excluding hydrogens is 300 g/mol. The molecule has 0 heterocycles. The van der Waals surface area contributed by atoms with Crippen LogP contribution in [0, 0.1) is 0 Å². The van der Waals surface area contributed by atoms with Crippen molar-refractivity contribution in [2.75, 3.05) is 0 Å². The zero-order chi connectivity index (χ0) is 16.9. The summed E-state index contributed by atoms with van der Waals surface area (Å²) in [7, 11) is 0. The third kappa shape index (κ3) is 2.99. The zero-order valence-electron chi connectivity index (χ0n) is 13.5. The van der Waals surface area contributed by atoms with E-state index in [2.05, 4.69) is 17.1 Å². The van der Waals surface area contributed by atoms with E-state index in [1.807, 2.05) is 55.5 Å². The average Bonchev–Trinajstić information content (AvgIpc) is 2.62. The Morgan fingerprint density at radius 3 is 2.46 bits per heavy atom. The van der Waals surface area contributed by atoms with Crippen LogP contribution in [0.25, 0.3) is 0 Å². The van der Waals surface area contributed by atoms with Crippen LogP contribution in [0.3, 0.4) is 0 Å². The molecule has 0 radical (unpaired) electrons. The summed E-state index contributed by atoms with van der Waals surface area (Å²) in [6.07, 6.45) is 1.49. The number of ketones is 1. The van der Waals surface area contributed by atoms with Gasteiger partial charge in [0.15, 0.2) is 0 Å². The van der Waals surface area contributed by atoms with E-state index in [1.165, 1.54) is 6.20 Å². The van der Waals surface area contributed by atoms with Crippen molar-refractivity contribution in [1.29, 1.82) is 0 Å². The molecule has 1 N–H and O–H groups in total. The molecule has 0 spiro atoms. The first-order valence-corrected chi connectivity index (χ1v) is 7.69. The molecule has 0 amide bonds. The molecule has 1 aliphatic carbocycles. The number of hydrogen-bond donors (Lipinski definition) is 1. The summed E-state index contributed by atoms with van der Waals surface area (Å²) in [6, 6.07) is 17.2. The maximum atomic E-state index is 12.6. The lowest BCUT2D eigenvalue weighted by atomic mass is 9.87. The first-order chi connectivity index (χ1) is 11.7. The number of carbonyl (C=O) groups is 1. The van der Waals surface area contributed by atoms with Gasteiger partial charge in [-0.3, -0.25) is 4.79 Å². The predicted octanol–water partition coefficient (Wildman–Crippen LogP) is 3.81. The molecule has 4 heteroatoms. The molecule has 0 atom stereocenters. The number of rotatable bonds is 5. The maximum Gasteiger partial charge on any atom is 0.210 e. The second-order valence-electron chi connectivity index (χ2n) is 5.42. The number of allylic oxidation sites excluding steroid dienone is 2. The summed E-state index contributed by atoms with van der Waals surface area (Å²) in [5, 5.41) is 7.22. The van der Waals surface area contributed by atoms with Crippen molar-refractivity contribution < 1.29 is 9.63 Å². The van der Waals surface area contributed by atoms with Crippen LogP contribution in [-0.4, -0.2) is 11.5 Å². The Hall–Kier alpha value is -3.14. The highest BCUT2D eigenvalue weighted by molar-refractivity contribution is 6.28. The molecule has 0 bridgehead atoms. The quantitative estimate of drug-likeness (QED) is 0.853. The van der Waals surface area contributed by atoms with Crippen molar-refractivity contribution in [1.82, 2.24) is 5.32 Å². The Morgan fingerprint density at radius 1 is 1.08 bits per heavy atom. The van der Waals surface area contributed by atoms with Crippen molar-refractivity contribution in [2.24, 2.45) is 5.16 Å². The number of oxime groups is 1. The van der Waals surface area contributed by atoms with E-state index in [1.54, 1.807) is 6.07 Å². The van der Waals surface area contributed by atoms with Gasteiger partial charge in [0.05, 0.1) is 5.70 Å². The molecular formula is C20H18N2O2. The van der Waals surface area contributed by atoms with Crippen molar-refractivity contribution in [2.45, 2.75) is 13.5 Å². The topological polar surface area (TPSA) is 50.7 Å². The summed E-state index contributed by atoms with van der Waals surface area (Å²) in [5.74, 6) is -0.0648. The van der Waals surface area contributed by atoms with Crippen LogP contribution in [0.5, 0.6) is 0 Å². The second kappa shape index (κ2) is 6.96. The Kier molecular flexibility index (Phi) is 4.57.